The first kappa shape index (κ1) is 38.1. The average molecular weight is 707 g/mol. The van der Waals surface area contributed by atoms with Crippen LogP contribution in [0.5, 0.6) is 0 Å². The average Bonchev–Trinajstić information content (AvgIpc) is 3.63. The van der Waals surface area contributed by atoms with Crippen LogP contribution in [0.1, 0.15) is 76.5 Å². The van der Waals surface area contributed by atoms with Crippen LogP contribution in [-0.4, -0.2) is 97.1 Å². The number of aliphatic hydroxyl groups is 2. The molecule has 8 atom stereocenters. The van der Waals surface area contributed by atoms with E-state index >= 15 is 0 Å². The highest BCUT2D eigenvalue weighted by Gasteiger charge is 2.52. The molecule has 3 aromatic carbocycles. The van der Waals surface area contributed by atoms with Crippen molar-refractivity contribution >= 4 is 17.9 Å². The summed E-state index contributed by atoms with van der Waals surface area (Å²) in [5, 5.41) is 21.4. The summed E-state index contributed by atoms with van der Waals surface area (Å²) in [4.78, 5) is 39.5. The fourth-order valence-electron chi connectivity index (χ4n) is 5.84. The van der Waals surface area contributed by atoms with Gasteiger partial charge in [0.15, 0.2) is 24.8 Å². The second kappa shape index (κ2) is 19.4. The van der Waals surface area contributed by atoms with Crippen LogP contribution in [0.2, 0.25) is 0 Å². The predicted molar refractivity (Wildman–Crippen MR) is 183 cm³/mol. The molecule has 12 heteroatoms. The van der Waals surface area contributed by atoms with Gasteiger partial charge in [-0.25, -0.2) is 14.4 Å². The van der Waals surface area contributed by atoms with Crippen molar-refractivity contribution in [1.82, 2.24) is 0 Å². The van der Waals surface area contributed by atoms with E-state index in [0.717, 1.165) is 32.1 Å². The number of rotatable bonds is 18. The van der Waals surface area contributed by atoms with Crippen molar-refractivity contribution in [3.8, 4) is 0 Å². The Morgan fingerprint density at radius 1 is 0.569 bits per heavy atom. The van der Waals surface area contributed by atoms with Gasteiger partial charge >= 0.3 is 17.9 Å². The third-order valence-electron chi connectivity index (χ3n) is 8.68. The number of carbonyl (C=O) groups excluding carboxylic acids is 3. The van der Waals surface area contributed by atoms with E-state index in [1.54, 1.807) is 91.0 Å². The van der Waals surface area contributed by atoms with Gasteiger partial charge in [-0.15, -0.1) is 0 Å². The minimum Gasteiger partial charge on any atom is -0.459 e. The smallest absolute Gasteiger partial charge is 0.338 e. The largest absolute Gasteiger partial charge is 0.459 e. The molecule has 5 rings (SSSR count). The first-order valence-corrected chi connectivity index (χ1v) is 17.5. The molecular formula is C39H46O12. The van der Waals surface area contributed by atoms with Crippen LogP contribution in [0.15, 0.2) is 91.0 Å². The Bertz CT molecular complexity index is 1500. The molecule has 0 unspecified atom stereocenters. The summed E-state index contributed by atoms with van der Waals surface area (Å²) < 4.78 is 41.0. The highest BCUT2D eigenvalue weighted by atomic mass is 16.8. The van der Waals surface area contributed by atoms with Gasteiger partial charge in [0.05, 0.1) is 23.3 Å². The number of hydrogen-bond donors (Lipinski definition) is 2. The predicted octanol–water partition coefficient (Wildman–Crippen LogP) is 4.86. The molecule has 0 amide bonds. The normalized spacial score (nSPS) is 25.7. The third kappa shape index (κ3) is 10.7. The summed E-state index contributed by atoms with van der Waals surface area (Å²) >= 11 is 0. The van der Waals surface area contributed by atoms with Gasteiger partial charge in [0.25, 0.3) is 0 Å². The van der Waals surface area contributed by atoms with Crippen LogP contribution in [0.4, 0.5) is 0 Å². The van der Waals surface area contributed by atoms with Crippen LogP contribution in [0.3, 0.4) is 0 Å². The molecule has 0 radical (unpaired) electrons. The van der Waals surface area contributed by atoms with E-state index in [4.69, 9.17) is 33.2 Å². The molecule has 2 aliphatic rings. The molecule has 2 N–H and O–H groups in total. The van der Waals surface area contributed by atoms with Gasteiger partial charge in [-0.05, 0) is 42.8 Å². The topological polar surface area (TPSA) is 156 Å². The molecule has 2 aliphatic heterocycles. The van der Waals surface area contributed by atoms with E-state index in [1.807, 2.05) is 0 Å². The molecule has 0 spiro atoms. The first-order valence-electron chi connectivity index (χ1n) is 17.5. The van der Waals surface area contributed by atoms with Crippen LogP contribution in [0, 0.1) is 0 Å². The summed E-state index contributed by atoms with van der Waals surface area (Å²) in [6, 6.07) is 24.8. The van der Waals surface area contributed by atoms with Gasteiger partial charge < -0.3 is 43.4 Å². The van der Waals surface area contributed by atoms with Crippen LogP contribution in [-0.2, 0) is 33.2 Å². The summed E-state index contributed by atoms with van der Waals surface area (Å²) in [5.41, 5.74) is 0.761. The molecule has 0 bridgehead atoms. The van der Waals surface area contributed by atoms with Crippen molar-refractivity contribution in [2.75, 3.05) is 19.8 Å². The zero-order valence-electron chi connectivity index (χ0n) is 28.6. The first-order chi connectivity index (χ1) is 24.9. The van der Waals surface area contributed by atoms with Crippen molar-refractivity contribution in [1.29, 1.82) is 0 Å². The maximum absolute atomic E-state index is 13.3. The number of carbonyl (C=O) groups is 3. The Balaban J connectivity index is 1.30. The lowest BCUT2D eigenvalue weighted by molar-refractivity contribution is -0.206. The zero-order valence-corrected chi connectivity index (χ0v) is 28.6. The van der Waals surface area contributed by atoms with E-state index in [1.165, 1.54) is 6.42 Å². The van der Waals surface area contributed by atoms with Crippen LogP contribution in [0.25, 0.3) is 0 Å². The second-order valence-electron chi connectivity index (χ2n) is 12.5. The van der Waals surface area contributed by atoms with Crippen LogP contribution >= 0.6 is 0 Å². The quantitative estimate of drug-likeness (QED) is 0.105. The number of hydrogen-bond acceptors (Lipinski definition) is 12. The molecule has 3 aromatic rings. The Morgan fingerprint density at radius 3 is 1.67 bits per heavy atom. The van der Waals surface area contributed by atoms with Gasteiger partial charge in [0.2, 0.25) is 0 Å². The monoisotopic (exact) mass is 706 g/mol. The number of unbranched alkanes of at least 4 members (excludes halogenated alkanes) is 5. The van der Waals surface area contributed by atoms with Crippen molar-refractivity contribution in [3.63, 3.8) is 0 Å². The van der Waals surface area contributed by atoms with Crippen molar-refractivity contribution < 1.29 is 57.8 Å². The standard InChI is InChI=1S/C39H46O12/c1-2-3-4-5-6-16-23-45-38-32(41)31(40)29(48-38)24-47-39-34(51-37(44)28-21-14-9-15-22-28)33(50-36(43)27-19-12-8-13-20-27)30(49-39)25-46-35(42)26-17-10-7-11-18-26/h7-15,17-22,29-34,38-41H,2-6,16,23-25H2,1H3/t29-,30-,31-,32-,33-,34-,38+,39+/m1/s1. The molecule has 0 aliphatic carbocycles. The van der Waals surface area contributed by atoms with Crippen molar-refractivity contribution in [3.05, 3.63) is 108 Å². The minimum atomic E-state index is -1.36. The van der Waals surface area contributed by atoms with Crippen molar-refractivity contribution in [2.45, 2.75) is 94.7 Å². The van der Waals surface area contributed by atoms with E-state index in [-0.39, 0.29) is 24.3 Å². The lowest BCUT2D eigenvalue weighted by atomic mass is 10.1. The van der Waals surface area contributed by atoms with E-state index in [2.05, 4.69) is 6.92 Å². The van der Waals surface area contributed by atoms with Crippen LogP contribution < -0.4 is 0 Å². The van der Waals surface area contributed by atoms with E-state index in [9.17, 15) is 24.6 Å². The maximum atomic E-state index is 13.3. The molecule has 2 fully saturated rings. The summed E-state index contributed by atoms with van der Waals surface area (Å²) in [6.45, 7) is 1.82. The molecule has 51 heavy (non-hydrogen) atoms. The maximum Gasteiger partial charge on any atom is 0.338 e. The zero-order chi connectivity index (χ0) is 36.0. The fourth-order valence-corrected chi connectivity index (χ4v) is 5.84. The summed E-state index contributed by atoms with van der Waals surface area (Å²) in [6.07, 6.45) is -3.50. The number of benzene rings is 3. The fraction of sp³-hybridized carbons (Fsp3) is 0.462. The molecule has 0 aromatic heterocycles. The molecule has 2 saturated heterocycles. The van der Waals surface area contributed by atoms with E-state index in [0.29, 0.717) is 12.2 Å². The van der Waals surface area contributed by atoms with Gasteiger partial charge in [-0.3, -0.25) is 0 Å². The molecule has 2 heterocycles. The molecular weight excluding hydrogens is 660 g/mol. The number of aliphatic hydroxyl groups excluding tert-OH is 2. The minimum absolute atomic E-state index is 0.228. The summed E-state index contributed by atoms with van der Waals surface area (Å²) in [5.74, 6) is -2.11. The van der Waals surface area contributed by atoms with E-state index < -0.39 is 67.1 Å². The van der Waals surface area contributed by atoms with Gasteiger partial charge in [0.1, 0.15) is 31.0 Å². The Morgan fingerprint density at radius 2 is 1.08 bits per heavy atom. The summed E-state index contributed by atoms with van der Waals surface area (Å²) in [7, 11) is 0. The second-order valence-corrected chi connectivity index (χ2v) is 12.5. The van der Waals surface area contributed by atoms with Gasteiger partial charge in [0, 0.05) is 6.61 Å². The Labute approximate surface area is 297 Å². The number of ether oxygens (including phenoxy) is 7. The highest BCUT2D eigenvalue weighted by molar-refractivity contribution is 5.91. The molecule has 12 nitrogen and oxygen atoms in total. The Hall–Kier alpha value is -4.17. The molecule has 0 saturated carbocycles. The molecule has 274 valence electrons. The SMILES string of the molecule is CCCCCCCCO[C@H]1O[C@H](CO[C@H]2O[C@H](COC(=O)c3ccccc3)[C@@H](OC(=O)c3ccccc3)[C@H]2OC(=O)c2ccccc2)[C@@H](O)[C@H]1O. The van der Waals surface area contributed by atoms with Gasteiger partial charge in [-0.1, -0.05) is 93.6 Å². The third-order valence-corrected chi connectivity index (χ3v) is 8.68. The van der Waals surface area contributed by atoms with Crippen molar-refractivity contribution in [2.24, 2.45) is 0 Å². The lowest BCUT2D eigenvalue weighted by Gasteiger charge is -2.25. The van der Waals surface area contributed by atoms with Gasteiger partial charge in [-0.2, -0.15) is 0 Å². The number of esters is 3. The Kier molecular flexibility index (Phi) is 14.5. The highest BCUT2D eigenvalue weighted by Crippen LogP contribution is 2.31. The lowest BCUT2D eigenvalue weighted by Crippen LogP contribution is -2.43.